The van der Waals surface area contributed by atoms with E-state index in [0.29, 0.717) is 17.0 Å². The minimum absolute atomic E-state index is 0.378. The number of nitrogens with zero attached hydrogens (tertiary/aromatic N) is 1. The molecular weight excluding hydrogens is 218 g/mol. The van der Waals surface area contributed by atoms with Gasteiger partial charge in [-0.05, 0) is 63.5 Å². The topological polar surface area (TPSA) is 3.24 Å². The monoisotopic (exact) mass is 243 g/mol. The van der Waals surface area contributed by atoms with Gasteiger partial charge in [-0.3, -0.25) is 0 Å². The van der Waals surface area contributed by atoms with Gasteiger partial charge in [-0.2, -0.15) is 0 Å². The minimum Gasteiger partial charge on any atom is -0.363 e. The average Bonchev–Trinajstić information content (AvgIpc) is 2.35. The highest BCUT2D eigenvalue weighted by Gasteiger charge is 2.53. The van der Waals surface area contributed by atoms with Gasteiger partial charge < -0.3 is 4.90 Å². The molecule has 1 atom stereocenters. The summed E-state index contributed by atoms with van der Waals surface area (Å²) in [5.41, 5.74) is 3.77. The Labute approximate surface area is 111 Å². The van der Waals surface area contributed by atoms with E-state index in [-0.39, 0.29) is 0 Å². The van der Waals surface area contributed by atoms with Crippen molar-refractivity contribution in [2.45, 2.75) is 65.0 Å². The Hall–Kier alpha value is -0.980. The number of para-hydroxylation sites is 1. The molecule has 0 N–H and O–H groups in total. The minimum atomic E-state index is 0.378. The van der Waals surface area contributed by atoms with E-state index in [2.05, 4.69) is 56.9 Å². The lowest BCUT2D eigenvalue weighted by atomic mass is 9.59. The van der Waals surface area contributed by atoms with E-state index in [1.165, 1.54) is 36.9 Å². The first-order valence-electron chi connectivity index (χ1n) is 7.31. The van der Waals surface area contributed by atoms with Crippen LogP contribution in [0.25, 0.3) is 0 Å². The van der Waals surface area contributed by atoms with Gasteiger partial charge in [-0.25, -0.2) is 0 Å². The zero-order valence-electron chi connectivity index (χ0n) is 12.2. The van der Waals surface area contributed by atoms with E-state index in [1.807, 2.05) is 0 Å². The van der Waals surface area contributed by atoms with Gasteiger partial charge in [0.2, 0.25) is 0 Å². The van der Waals surface area contributed by atoms with Crippen molar-refractivity contribution in [3.63, 3.8) is 0 Å². The summed E-state index contributed by atoms with van der Waals surface area (Å²) in [7, 11) is 0. The average molecular weight is 243 g/mol. The molecule has 4 rings (SSSR count). The molecule has 0 radical (unpaired) electrons. The van der Waals surface area contributed by atoms with Crippen molar-refractivity contribution in [3.8, 4) is 0 Å². The summed E-state index contributed by atoms with van der Waals surface area (Å²) >= 11 is 0. The van der Waals surface area contributed by atoms with E-state index in [0.717, 1.165) is 0 Å². The number of piperidine rings is 2. The standard InChI is InChI=1S/C17H25N/c1-13-7-5-6-8-15(13)18-14(2)16(3)9-11-17(18,4)12-10-16/h5-8,14H,9-12H2,1-4H3/t14-,16?,17?/m0/s1. The van der Waals surface area contributed by atoms with Gasteiger partial charge in [0.05, 0.1) is 0 Å². The van der Waals surface area contributed by atoms with Gasteiger partial charge in [-0.1, -0.05) is 25.1 Å². The maximum atomic E-state index is 2.73. The first-order chi connectivity index (χ1) is 8.46. The number of fused-ring (bicyclic) bond motifs is 3. The summed E-state index contributed by atoms with van der Waals surface area (Å²) in [6.07, 6.45) is 5.49. The highest BCUT2D eigenvalue weighted by Crippen LogP contribution is 2.55. The second-order valence-corrected chi connectivity index (χ2v) is 6.98. The van der Waals surface area contributed by atoms with E-state index >= 15 is 0 Å². The summed E-state index contributed by atoms with van der Waals surface area (Å²) in [6.45, 7) is 9.63. The van der Waals surface area contributed by atoms with Gasteiger partial charge in [0.1, 0.15) is 0 Å². The predicted octanol–water partition coefficient (Wildman–Crippen LogP) is 4.54. The zero-order chi connectivity index (χ0) is 13.0. The van der Waals surface area contributed by atoms with Crippen molar-refractivity contribution in [3.05, 3.63) is 29.8 Å². The summed E-state index contributed by atoms with van der Waals surface area (Å²) in [4.78, 5) is 2.73. The van der Waals surface area contributed by atoms with E-state index in [1.54, 1.807) is 0 Å². The van der Waals surface area contributed by atoms with Gasteiger partial charge >= 0.3 is 0 Å². The van der Waals surface area contributed by atoms with Crippen LogP contribution in [0.1, 0.15) is 52.0 Å². The number of anilines is 1. The molecule has 0 spiro atoms. The molecule has 0 unspecified atom stereocenters. The third kappa shape index (κ3) is 1.52. The van der Waals surface area contributed by atoms with Crippen LogP contribution in [-0.4, -0.2) is 11.6 Å². The summed E-state index contributed by atoms with van der Waals surface area (Å²) in [5, 5.41) is 0. The van der Waals surface area contributed by atoms with Gasteiger partial charge in [0, 0.05) is 17.3 Å². The number of hydrogen-bond acceptors (Lipinski definition) is 1. The Morgan fingerprint density at radius 2 is 1.67 bits per heavy atom. The van der Waals surface area contributed by atoms with Crippen LogP contribution in [0.15, 0.2) is 24.3 Å². The number of rotatable bonds is 1. The molecule has 2 bridgehead atoms. The second kappa shape index (κ2) is 3.76. The van der Waals surface area contributed by atoms with Crippen molar-refractivity contribution in [2.24, 2.45) is 5.41 Å². The van der Waals surface area contributed by atoms with Crippen LogP contribution in [0, 0.1) is 12.3 Å². The molecule has 1 saturated carbocycles. The fourth-order valence-corrected chi connectivity index (χ4v) is 4.13. The van der Waals surface area contributed by atoms with Crippen molar-refractivity contribution in [2.75, 3.05) is 4.90 Å². The molecule has 0 aromatic heterocycles. The van der Waals surface area contributed by atoms with Crippen LogP contribution in [-0.2, 0) is 0 Å². The molecular formula is C17H25N. The van der Waals surface area contributed by atoms with E-state index in [4.69, 9.17) is 0 Å². The van der Waals surface area contributed by atoms with Gasteiger partial charge in [-0.15, -0.1) is 0 Å². The third-order valence-corrected chi connectivity index (χ3v) is 5.82. The van der Waals surface area contributed by atoms with Crippen molar-refractivity contribution >= 4 is 5.69 Å². The molecule has 2 aliphatic heterocycles. The Morgan fingerprint density at radius 1 is 1.06 bits per heavy atom. The highest BCUT2D eigenvalue weighted by atomic mass is 15.3. The maximum absolute atomic E-state index is 2.73. The van der Waals surface area contributed by atoms with Gasteiger partial charge in [0.15, 0.2) is 0 Å². The van der Waals surface area contributed by atoms with Crippen LogP contribution >= 0.6 is 0 Å². The predicted molar refractivity (Wildman–Crippen MR) is 78.1 cm³/mol. The molecule has 3 fully saturated rings. The molecule has 2 saturated heterocycles. The number of aryl methyl sites for hydroxylation is 1. The van der Waals surface area contributed by atoms with Crippen LogP contribution in [0.5, 0.6) is 0 Å². The van der Waals surface area contributed by atoms with E-state index in [9.17, 15) is 0 Å². The smallest absolute Gasteiger partial charge is 0.0403 e. The Kier molecular flexibility index (Phi) is 2.52. The molecule has 1 nitrogen and oxygen atoms in total. The lowest BCUT2D eigenvalue weighted by Gasteiger charge is -2.63. The molecule has 1 heteroatoms. The number of hydrogen-bond donors (Lipinski definition) is 0. The van der Waals surface area contributed by atoms with Crippen LogP contribution < -0.4 is 4.90 Å². The maximum Gasteiger partial charge on any atom is 0.0403 e. The van der Waals surface area contributed by atoms with E-state index < -0.39 is 0 Å². The molecule has 18 heavy (non-hydrogen) atoms. The second-order valence-electron chi connectivity index (χ2n) is 6.98. The molecule has 3 aliphatic rings. The Morgan fingerprint density at radius 3 is 2.28 bits per heavy atom. The third-order valence-electron chi connectivity index (χ3n) is 5.82. The molecule has 1 aromatic rings. The quantitative estimate of drug-likeness (QED) is 0.700. The fraction of sp³-hybridized carbons (Fsp3) is 0.647. The summed E-state index contributed by atoms with van der Waals surface area (Å²) in [6, 6.07) is 9.54. The molecule has 0 amide bonds. The Bertz CT molecular complexity index is 454. The molecule has 1 aromatic carbocycles. The summed E-state index contributed by atoms with van der Waals surface area (Å²) < 4.78 is 0. The zero-order valence-corrected chi connectivity index (χ0v) is 12.2. The van der Waals surface area contributed by atoms with Crippen LogP contribution in [0.3, 0.4) is 0 Å². The fourth-order valence-electron chi connectivity index (χ4n) is 4.13. The Balaban J connectivity index is 2.08. The summed E-state index contributed by atoms with van der Waals surface area (Å²) in [5.74, 6) is 0. The van der Waals surface area contributed by atoms with Crippen molar-refractivity contribution in [1.82, 2.24) is 0 Å². The lowest BCUT2D eigenvalue weighted by molar-refractivity contribution is 0.0509. The lowest BCUT2D eigenvalue weighted by Crippen LogP contribution is -2.65. The highest BCUT2D eigenvalue weighted by molar-refractivity contribution is 5.57. The van der Waals surface area contributed by atoms with Crippen LogP contribution in [0.4, 0.5) is 5.69 Å². The molecule has 98 valence electrons. The SMILES string of the molecule is Cc1ccccc1N1[C@@H](C)C2(C)CCC1(C)CC2. The first kappa shape index (κ1) is 12.1. The van der Waals surface area contributed by atoms with Crippen molar-refractivity contribution < 1.29 is 0 Å². The van der Waals surface area contributed by atoms with Gasteiger partial charge in [0.25, 0.3) is 0 Å². The molecule has 1 aliphatic carbocycles. The van der Waals surface area contributed by atoms with Crippen LogP contribution in [0.2, 0.25) is 0 Å². The van der Waals surface area contributed by atoms with Crippen molar-refractivity contribution in [1.29, 1.82) is 0 Å². The molecule has 2 heterocycles. The normalized spacial score (nSPS) is 39.1. The largest absolute Gasteiger partial charge is 0.363 e. The number of benzene rings is 1. The first-order valence-corrected chi connectivity index (χ1v) is 7.31.